The van der Waals surface area contributed by atoms with Crippen LogP contribution in [0.15, 0.2) is 23.1 Å². The van der Waals surface area contributed by atoms with Crippen molar-refractivity contribution in [3.05, 3.63) is 23.8 Å². The van der Waals surface area contributed by atoms with Gasteiger partial charge >= 0.3 is 0 Å². The molecule has 0 radical (unpaired) electrons. The minimum absolute atomic E-state index is 0.0238. The number of hydrogen-bond donors (Lipinski definition) is 1. The van der Waals surface area contributed by atoms with Gasteiger partial charge in [-0.05, 0) is 49.4 Å². The second-order valence-corrected chi connectivity index (χ2v) is 7.82. The maximum Gasteiger partial charge on any atom is 0.262 e. The summed E-state index contributed by atoms with van der Waals surface area (Å²) in [6.07, 6.45) is 5.50. The Morgan fingerprint density at radius 3 is 2.70 bits per heavy atom. The van der Waals surface area contributed by atoms with E-state index in [1.165, 1.54) is 13.0 Å². The molecule has 126 valence electrons. The molecule has 3 rings (SSSR count). The highest BCUT2D eigenvalue weighted by molar-refractivity contribution is 7.89. The van der Waals surface area contributed by atoms with E-state index in [2.05, 4.69) is 4.89 Å². The number of nitrogens with zero attached hydrogens (tertiary/aromatic N) is 1. The van der Waals surface area contributed by atoms with E-state index in [-0.39, 0.29) is 16.9 Å². The number of anilines is 1. The van der Waals surface area contributed by atoms with E-state index in [9.17, 15) is 13.2 Å². The molecule has 7 heteroatoms. The first kappa shape index (κ1) is 16.4. The Kier molecular flexibility index (Phi) is 4.70. The monoisotopic (exact) mass is 338 g/mol. The minimum Gasteiger partial charge on any atom is -0.312 e. The maximum atomic E-state index is 12.4. The fourth-order valence-corrected chi connectivity index (χ4v) is 4.16. The smallest absolute Gasteiger partial charge is 0.262 e. The van der Waals surface area contributed by atoms with Crippen LogP contribution < -0.4 is 9.79 Å². The van der Waals surface area contributed by atoms with E-state index in [0.717, 1.165) is 49.8 Å². The van der Waals surface area contributed by atoms with E-state index >= 15 is 0 Å². The third-order valence-electron chi connectivity index (χ3n) is 4.49. The molecule has 1 aliphatic heterocycles. The van der Waals surface area contributed by atoms with Gasteiger partial charge in [-0.2, -0.15) is 0 Å². The Bertz CT molecular complexity index is 696. The second kappa shape index (κ2) is 6.59. The lowest BCUT2D eigenvalue weighted by Crippen LogP contribution is -2.34. The average molecular weight is 338 g/mol. The van der Waals surface area contributed by atoms with Crippen molar-refractivity contribution < 1.29 is 18.0 Å². The first-order valence-corrected chi connectivity index (χ1v) is 9.54. The molecular formula is C16H22N2O4S. The lowest BCUT2D eigenvalue weighted by Gasteiger charge is -2.28. The zero-order valence-corrected chi connectivity index (χ0v) is 14.1. The molecule has 1 amide bonds. The van der Waals surface area contributed by atoms with Gasteiger partial charge in [0.25, 0.3) is 10.0 Å². The van der Waals surface area contributed by atoms with E-state index in [1.54, 1.807) is 17.0 Å². The highest BCUT2D eigenvalue weighted by Crippen LogP contribution is 2.29. The average Bonchev–Trinajstić information content (AvgIpc) is 3.05. The number of sulfonamides is 1. The van der Waals surface area contributed by atoms with Gasteiger partial charge in [0.15, 0.2) is 0 Å². The zero-order valence-electron chi connectivity index (χ0n) is 13.2. The first-order valence-electron chi connectivity index (χ1n) is 8.06. The number of carbonyl (C=O) groups excluding carboxylic acids is 1. The topological polar surface area (TPSA) is 75.7 Å². The Morgan fingerprint density at radius 2 is 2.00 bits per heavy atom. The number of fused-ring (bicyclic) bond motifs is 1. The van der Waals surface area contributed by atoms with E-state index < -0.39 is 10.0 Å². The predicted molar refractivity (Wildman–Crippen MR) is 86.5 cm³/mol. The van der Waals surface area contributed by atoms with Gasteiger partial charge in [0.1, 0.15) is 0 Å². The summed E-state index contributed by atoms with van der Waals surface area (Å²) in [6, 6.07) is 4.88. The molecule has 0 bridgehead atoms. The predicted octanol–water partition coefficient (Wildman–Crippen LogP) is 2.14. The third kappa shape index (κ3) is 3.57. The zero-order chi connectivity index (χ0) is 16.4. The number of benzene rings is 1. The van der Waals surface area contributed by atoms with Crippen molar-refractivity contribution in [2.45, 2.75) is 56.4 Å². The highest BCUT2D eigenvalue weighted by atomic mass is 32.2. The van der Waals surface area contributed by atoms with Crippen molar-refractivity contribution in [3.8, 4) is 0 Å². The standard InChI is InChI=1S/C16H22N2O4S/c1-12(19)18-10-4-5-13-11-15(8-9-16(13)18)23(20,21)17-22-14-6-2-3-7-14/h8-9,11,14,17H,2-7,10H2,1H3. The van der Waals surface area contributed by atoms with Crippen LogP contribution in [0.5, 0.6) is 0 Å². The van der Waals surface area contributed by atoms with Gasteiger partial charge < -0.3 is 4.90 Å². The maximum absolute atomic E-state index is 12.4. The van der Waals surface area contributed by atoms with Gasteiger partial charge in [-0.3, -0.25) is 9.63 Å². The number of carbonyl (C=O) groups is 1. The lowest BCUT2D eigenvalue weighted by atomic mass is 10.0. The molecule has 1 aromatic rings. The summed E-state index contributed by atoms with van der Waals surface area (Å²) < 4.78 is 24.7. The van der Waals surface area contributed by atoms with E-state index in [4.69, 9.17) is 4.84 Å². The van der Waals surface area contributed by atoms with E-state index in [0.29, 0.717) is 6.54 Å². The molecular weight excluding hydrogens is 316 g/mol. The summed E-state index contributed by atoms with van der Waals surface area (Å²) in [7, 11) is -3.69. The SMILES string of the molecule is CC(=O)N1CCCc2cc(S(=O)(=O)NOC3CCCC3)ccc21. The molecule has 1 aromatic carbocycles. The van der Waals surface area contributed by atoms with Gasteiger partial charge in [-0.15, -0.1) is 0 Å². The van der Waals surface area contributed by atoms with Crippen molar-refractivity contribution in [3.63, 3.8) is 0 Å². The first-order chi connectivity index (χ1) is 11.0. The molecule has 0 unspecified atom stereocenters. The van der Waals surface area contributed by atoms with Crippen molar-refractivity contribution in [2.24, 2.45) is 0 Å². The van der Waals surface area contributed by atoms with Crippen LogP contribution in [0.1, 0.15) is 44.6 Å². The second-order valence-electron chi connectivity index (χ2n) is 6.18. The quantitative estimate of drug-likeness (QED) is 0.854. The number of hydrogen-bond acceptors (Lipinski definition) is 4. The Balaban J connectivity index is 1.78. The van der Waals surface area contributed by atoms with Crippen molar-refractivity contribution >= 4 is 21.6 Å². The van der Waals surface area contributed by atoms with Crippen LogP contribution in [-0.4, -0.2) is 27.0 Å². The Hall–Kier alpha value is -1.44. The van der Waals surface area contributed by atoms with Crippen LogP contribution in [0.4, 0.5) is 5.69 Å². The molecule has 1 N–H and O–H groups in total. The van der Waals surface area contributed by atoms with Gasteiger partial charge in [0.05, 0.1) is 11.0 Å². The minimum atomic E-state index is -3.69. The molecule has 0 spiro atoms. The molecule has 0 aromatic heterocycles. The number of rotatable bonds is 4. The van der Waals surface area contributed by atoms with Crippen molar-refractivity contribution in [1.82, 2.24) is 4.89 Å². The molecule has 0 saturated heterocycles. The number of nitrogens with one attached hydrogen (secondary N) is 1. The van der Waals surface area contributed by atoms with Crippen LogP contribution in [0.25, 0.3) is 0 Å². The number of aryl methyl sites for hydroxylation is 1. The fraction of sp³-hybridized carbons (Fsp3) is 0.562. The summed E-state index contributed by atoms with van der Waals surface area (Å²) in [5, 5.41) is 0. The summed E-state index contributed by atoms with van der Waals surface area (Å²) in [5.74, 6) is -0.0238. The molecule has 1 saturated carbocycles. The van der Waals surface area contributed by atoms with Gasteiger partial charge in [-0.25, -0.2) is 8.42 Å². The summed E-state index contributed by atoms with van der Waals surface area (Å²) >= 11 is 0. The molecule has 1 aliphatic carbocycles. The summed E-state index contributed by atoms with van der Waals surface area (Å²) in [5.41, 5.74) is 1.69. The third-order valence-corrected chi connectivity index (χ3v) is 5.68. The van der Waals surface area contributed by atoms with Crippen molar-refractivity contribution in [2.75, 3.05) is 11.4 Å². The van der Waals surface area contributed by atoms with E-state index in [1.807, 2.05) is 0 Å². The van der Waals surface area contributed by atoms with Gasteiger partial charge in [-0.1, -0.05) is 17.7 Å². The van der Waals surface area contributed by atoms with Crippen LogP contribution in [0.3, 0.4) is 0 Å². The highest BCUT2D eigenvalue weighted by Gasteiger charge is 2.24. The van der Waals surface area contributed by atoms with Crippen molar-refractivity contribution in [1.29, 1.82) is 0 Å². The molecule has 23 heavy (non-hydrogen) atoms. The lowest BCUT2D eigenvalue weighted by molar-refractivity contribution is -0.116. The molecule has 1 fully saturated rings. The normalized spacial score (nSPS) is 18.9. The number of amides is 1. The molecule has 0 atom stereocenters. The molecule has 6 nitrogen and oxygen atoms in total. The van der Waals surface area contributed by atoms with Gasteiger partial charge in [0.2, 0.25) is 5.91 Å². The van der Waals surface area contributed by atoms with Crippen LogP contribution in [-0.2, 0) is 26.1 Å². The van der Waals surface area contributed by atoms with Crippen LogP contribution in [0, 0.1) is 0 Å². The Labute approximate surface area is 136 Å². The largest absolute Gasteiger partial charge is 0.312 e. The van der Waals surface area contributed by atoms with Crippen LogP contribution >= 0.6 is 0 Å². The van der Waals surface area contributed by atoms with Crippen LogP contribution in [0.2, 0.25) is 0 Å². The Morgan fingerprint density at radius 1 is 1.26 bits per heavy atom. The molecule has 1 heterocycles. The summed E-state index contributed by atoms with van der Waals surface area (Å²) in [6.45, 7) is 2.20. The summed E-state index contributed by atoms with van der Waals surface area (Å²) in [4.78, 5) is 21.1. The van der Waals surface area contributed by atoms with Gasteiger partial charge in [0, 0.05) is 19.2 Å². The fourth-order valence-electron chi connectivity index (χ4n) is 3.25. The molecule has 2 aliphatic rings.